The molecule has 22 heavy (non-hydrogen) atoms. The van der Waals surface area contributed by atoms with Crippen LogP contribution < -0.4 is 5.73 Å². The molecular formula is C15H12Cl2N4S. The Kier molecular flexibility index (Phi) is 4.57. The quantitative estimate of drug-likeness (QED) is 0.710. The summed E-state index contributed by atoms with van der Waals surface area (Å²) in [6, 6.07) is 15.2. The third-order valence-electron chi connectivity index (χ3n) is 2.98. The molecule has 4 nitrogen and oxygen atoms in total. The van der Waals surface area contributed by atoms with Crippen molar-refractivity contribution in [2.45, 2.75) is 16.6 Å². The summed E-state index contributed by atoms with van der Waals surface area (Å²) in [5, 5.41) is 5.84. The van der Waals surface area contributed by atoms with Crippen molar-refractivity contribution in [1.29, 1.82) is 0 Å². The first-order valence-corrected chi connectivity index (χ1v) is 8.06. The van der Waals surface area contributed by atoms with Crippen LogP contribution in [0.15, 0.2) is 58.6 Å². The van der Waals surface area contributed by atoms with Crippen LogP contribution in [0.1, 0.15) is 5.56 Å². The molecule has 3 aromatic rings. The van der Waals surface area contributed by atoms with Gasteiger partial charge in [-0.3, -0.25) is 0 Å². The lowest BCUT2D eigenvalue weighted by Crippen LogP contribution is -2.03. The Morgan fingerprint density at radius 2 is 1.77 bits per heavy atom. The average Bonchev–Trinajstić information content (AvgIpc) is 2.83. The van der Waals surface area contributed by atoms with E-state index in [0.29, 0.717) is 22.4 Å². The number of nitrogens with zero attached hydrogens (tertiary/aromatic N) is 3. The van der Waals surface area contributed by atoms with Crippen LogP contribution in [0.2, 0.25) is 10.3 Å². The van der Waals surface area contributed by atoms with E-state index in [9.17, 15) is 0 Å². The molecule has 1 aromatic heterocycles. The first-order chi connectivity index (χ1) is 10.6. The molecule has 0 unspecified atom stereocenters. The second-order valence-corrected chi connectivity index (χ2v) is 6.37. The van der Waals surface area contributed by atoms with Gasteiger partial charge in [0.25, 0.3) is 0 Å². The first kappa shape index (κ1) is 15.2. The SMILES string of the molecule is Nc1ccccc1Sc1nc(Cl)nn1Cc1ccc(Cl)cc1. The lowest BCUT2D eigenvalue weighted by molar-refractivity contribution is 0.619. The van der Waals surface area contributed by atoms with Gasteiger partial charge in [-0.1, -0.05) is 35.9 Å². The van der Waals surface area contributed by atoms with Gasteiger partial charge >= 0.3 is 0 Å². The van der Waals surface area contributed by atoms with Crippen molar-refractivity contribution in [3.8, 4) is 0 Å². The van der Waals surface area contributed by atoms with Crippen molar-refractivity contribution >= 4 is 40.7 Å². The Bertz CT molecular complexity index is 786. The molecule has 3 rings (SSSR count). The zero-order chi connectivity index (χ0) is 15.5. The second-order valence-electron chi connectivity index (χ2n) is 4.59. The highest BCUT2D eigenvalue weighted by Crippen LogP contribution is 2.31. The summed E-state index contributed by atoms with van der Waals surface area (Å²) in [6.45, 7) is 0.561. The standard InChI is InChI=1S/C15H12Cl2N4S/c16-11-7-5-10(6-8-11)9-21-15(19-14(17)20-21)22-13-4-2-1-3-12(13)18/h1-8H,9,18H2. The normalized spacial score (nSPS) is 10.8. The van der Waals surface area contributed by atoms with Crippen molar-refractivity contribution in [2.75, 3.05) is 5.73 Å². The van der Waals surface area contributed by atoms with Gasteiger partial charge in [0.1, 0.15) is 0 Å². The fraction of sp³-hybridized carbons (Fsp3) is 0.0667. The number of benzene rings is 2. The van der Waals surface area contributed by atoms with Crippen molar-refractivity contribution in [3.05, 3.63) is 64.4 Å². The molecule has 0 aliphatic carbocycles. The van der Waals surface area contributed by atoms with E-state index in [1.807, 2.05) is 48.5 Å². The molecule has 1 heterocycles. The molecule has 0 aliphatic rings. The third-order valence-corrected chi connectivity index (χ3v) is 4.47. The summed E-state index contributed by atoms with van der Waals surface area (Å²) in [5.41, 5.74) is 7.73. The topological polar surface area (TPSA) is 56.7 Å². The minimum absolute atomic E-state index is 0.214. The molecule has 0 bridgehead atoms. The largest absolute Gasteiger partial charge is 0.398 e. The van der Waals surface area contributed by atoms with Crippen LogP contribution in [-0.2, 0) is 6.54 Å². The van der Waals surface area contributed by atoms with Crippen molar-refractivity contribution in [1.82, 2.24) is 14.8 Å². The molecule has 7 heteroatoms. The number of anilines is 1. The molecule has 0 atom stereocenters. The summed E-state index contributed by atoms with van der Waals surface area (Å²) in [5.74, 6) is 0. The van der Waals surface area contributed by atoms with E-state index in [0.717, 1.165) is 10.5 Å². The molecule has 0 aliphatic heterocycles. The van der Waals surface area contributed by atoms with E-state index in [1.165, 1.54) is 11.8 Å². The van der Waals surface area contributed by atoms with Gasteiger partial charge in [0.2, 0.25) is 5.28 Å². The smallest absolute Gasteiger partial charge is 0.243 e. The van der Waals surface area contributed by atoms with Gasteiger partial charge in [-0.05, 0) is 53.2 Å². The summed E-state index contributed by atoms with van der Waals surface area (Å²) in [4.78, 5) is 5.18. The van der Waals surface area contributed by atoms with Crippen LogP contribution in [-0.4, -0.2) is 14.8 Å². The summed E-state index contributed by atoms with van der Waals surface area (Å²) >= 11 is 13.3. The van der Waals surface area contributed by atoms with Gasteiger partial charge in [-0.15, -0.1) is 5.10 Å². The fourth-order valence-corrected chi connectivity index (χ4v) is 3.13. The lowest BCUT2D eigenvalue weighted by atomic mass is 10.2. The van der Waals surface area contributed by atoms with E-state index in [2.05, 4.69) is 10.1 Å². The first-order valence-electron chi connectivity index (χ1n) is 6.49. The van der Waals surface area contributed by atoms with Gasteiger partial charge < -0.3 is 5.73 Å². The number of hydrogen-bond acceptors (Lipinski definition) is 4. The van der Waals surface area contributed by atoms with Crippen LogP contribution in [0.5, 0.6) is 0 Å². The Balaban J connectivity index is 1.86. The number of nitrogen functional groups attached to an aromatic ring is 1. The van der Waals surface area contributed by atoms with Gasteiger partial charge in [0.05, 0.1) is 6.54 Å². The van der Waals surface area contributed by atoms with Crippen LogP contribution >= 0.6 is 35.0 Å². The Morgan fingerprint density at radius 1 is 1.05 bits per heavy atom. The van der Waals surface area contributed by atoms with Crippen LogP contribution in [0.4, 0.5) is 5.69 Å². The molecule has 0 radical (unpaired) electrons. The lowest BCUT2D eigenvalue weighted by Gasteiger charge is -2.07. The van der Waals surface area contributed by atoms with E-state index >= 15 is 0 Å². The number of halogens is 2. The van der Waals surface area contributed by atoms with Gasteiger partial charge in [0.15, 0.2) is 5.16 Å². The van der Waals surface area contributed by atoms with E-state index in [4.69, 9.17) is 28.9 Å². The Hall–Kier alpha value is -1.69. The molecule has 0 spiro atoms. The fourth-order valence-electron chi connectivity index (χ4n) is 1.91. The number of rotatable bonds is 4. The van der Waals surface area contributed by atoms with Crippen LogP contribution in [0.3, 0.4) is 0 Å². The van der Waals surface area contributed by atoms with Crippen molar-refractivity contribution in [2.24, 2.45) is 0 Å². The van der Waals surface area contributed by atoms with Crippen molar-refractivity contribution < 1.29 is 0 Å². The Labute approximate surface area is 142 Å². The zero-order valence-corrected chi connectivity index (χ0v) is 13.7. The number of nitrogens with two attached hydrogens (primary N) is 1. The van der Waals surface area contributed by atoms with Gasteiger partial charge in [-0.25, -0.2) is 4.68 Å². The molecule has 0 saturated heterocycles. The highest BCUT2D eigenvalue weighted by molar-refractivity contribution is 7.99. The minimum Gasteiger partial charge on any atom is -0.398 e. The maximum atomic E-state index is 5.97. The van der Waals surface area contributed by atoms with E-state index in [1.54, 1.807) is 4.68 Å². The summed E-state index contributed by atoms with van der Waals surface area (Å²) in [7, 11) is 0. The summed E-state index contributed by atoms with van der Waals surface area (Å²) < 4.78 is 1.75. The Morgan fingerprint density at radius 3 is 2.50 bits per heavy atom. The predicted molar refractivity (Wildman–Crippen MR) is 90.6 cm³/mol. The number of aromatic nitrogens is 3. The van der Waals surface area contributed by atoms with E-state index < -0.39 is 0 Å². The van der Waals surface area contributed by atoms with Gasteiger partial charge in [0, 0.05) is 15.6 Å². The average molecular weight is 351 g/mol. The predicted octanol–water partition coefficient (Wildman–Crippen LogP) is 4.37. The molecule has 0 amide bonds. The highest BCUT2D eigenvalue weighted by Gasteiger charge is 2.12. The molecule has 112 valence electrons. The van der Waals surface area contributed by atoms with Crippen LogP contribution in [0, 0.1) is 0 Å². The molecule has 0 saturated carbocycles. The second kappa shape index (κ2) is 6.60. The number of para-hydroxylation sites is 1. The van der Waals surface area contributed by atoms with Gasteiger partial charge in [-0.2, -0.15) is 4.98 Å². The zero-order valence-electron chi connectivity index (χ0n) is 11.4. The monoisotopic (exact) mass is 350 g/mol. The van der Waals surface area contributed by atoms with Crippen molar-refractivity contribution in [3.63, 3.8) is 0 Å². The molecule has 2 aromatic carbocycles. The van der Waals surface area contributed by atoms with E-state index in [-0.39, 0.29) is 5.28 Å². The maximum absolute atomic E-state index is 5.97. The highest BCUT2D eigenvalue weighted by atomic mass is 35.5. The minimum atomic E-state index is 0.214. The number of hydrogen-bond donors (Lipinski definition) is 1. The van der Waals surface area contributed by atoms with Crippen LogP contribution in [0.25, 0.3) is 0 Å². The molecule has 0 fully saturated rings. The molecular weight excluding hydrogens is 339 g/mol. The molecule has 2 N–H and O–H groups in total. The summed E-state index contributed by atoms with van der Waals surface area (Å²) in [6.07, 6.45) is 0. The maximum Gasteiger partial charge on any atom is 0.243 e. The third kappa shape index (κ3) is 3.55.